The first kappa shape index (κ1) is 20.8. The third kappa shape index (κ3) is 5.54. The minimum atomic E-state index is -0.521. The molecule has 1 aromatic carbocycles. The molecule has 3 N–H and O–H groups in total. The van der Waals surface area contributed by atoms with E-state index < -0.39 is 11.5 Å². The Balaban J connectivity index is 1.64. The number of aromatic amines is 1. The molecule has 1 aliphatic rings. The van der Waals surface area contributed by atoms with Crippen LogP contribution in [0.2, 0.25) is 0 Å². The number of H-pyrrole nitrogens is 1. The molecule has 1 aliphatic carbocycles. The molecule has 154 valence electrons. The van der Waals surface area contributed by atoms with Gasteiger partial charge in [-0.15, -0.1) is 0 Å². The molecule has 2 amide bonds. The Labute approximate surface area is 169 Å². The third-order valence-electron chi connectivity index (χ3n) is 5.37. The number of aliphatic hydroxyl groups is 1. The SMILES string of the molecule is CN(Cc1ccccc1)C(=O)c1cc(C(=O)NCC2CCC(O)CC2)c[nH]c1=O. The fourth-order valence-corrected chi connectivity index (χ4v) is 3.60. The van der Waals surface area contributed by atoms with E-state index in [2.05, 4.69) is 10.3 Å². The maximum Gasteiger partial charge on any atom is 0.260 e. The van der Waals surface area contributed by atoms with Gasteiger partial charge in [-0.2, -0.15) is 0 Å². The van der Waals surface area contributed by atoms with E-state index in [4.69, 9.17) is 0 Å². The van der Waals surface area contributed by atoms with Gasteiger partial charge in [0, 0.05) is 26.3 Å². The molecular formula is C22H27N3O4. The van der Waals surface area contributed by atoms with Gasteiger partial charge in [0.15, 0.2) is 0 Å². The number of nitrogens with zero attached hydrogens (tertiary/aromatic N) is 1. The van der Waals surface area contributed by atoms with Crippen LogP contribution < -0.4 is 10.9 Å². The number of carbonyl (C=O) groups excluding carboxylic acids is 2. The number of benzene rings is 1. The molecule has 7 nitrogen and oxygen atoms in total. The zero-order valence-electron chi connectivity index (χ0n) is 16.6. The van der Waals surface area contributed by atoms with Crippen molar-refractivity contribution in [1.82, 2.24) is 15.2 Å². The van der Waals surface area contributed by atoms with E-state index in [-0.39, 0.29) is 23.1 Å². The highest BCUT2D eigenvalue weighted by Crippen LogP contribution is 2.23. The standard InChI is InChI=1S/C22H27N3O4/c1-25(14-16-5-3-2-4-6-16)22(29)19-11-17(13-24-21(19)28)20(27)23-12-15-7-9-18(26)10-8-15/h2-6,11,13,15,18,26H,7-10,12,14H2,1H3,(H,23,27)(H,24,28). The average Bonchev–Trinajstić information content (AvgIpc) is 2.73. The summed E-state index contributed by atoms with van der Waals surface area (Å²) in [5, 5.41) is 12.4. The number of hydrogen-bond acceptors (Lipinski definition) is 4. The second kappa shape index (κ2) is 9.52. The van der Waals surface area contributed by atoms with E-state index in [9.17, 15) is 19.5 Å². The summed E-state index contributed by atoms with van der Waals surface area (Å²) < 4.78 is 0. The number of hydrogen-bond donors (Lipinski definition) is 3. The van der Waals surface area contributed by atoms with Crippen LogP contribution in [0, 0.1) is 5.92 Å². The number of carbonyl (C=O) groups is 2. The highest BCUT2D eigenvalue weighted by atomic mass is 16.3. The number of aromatic nitrogens is 1. The molecule has 29 heavy (non-hydrogen) atoms. The predicted molar refractivity (Wildman–Crippen MR) is 110 cm³/mol. The van der Waals surface area contributed by atoms with Gasteiger partial charge in [-0.3, -0.25) is 14.4 Å². The van der Waals surface area contributed by atoms with E-state index in [1.54, 1.807) is 7.05 Å². The number of aliphatic hydroxyl groups excluding tert-OH is 1. The first-order valence-corrected chi connectivity index (χ1v) is 9.92. The zero-order valence-corrected chi connectivity index (χ0v) is 16.6. The summed E-state index contributed by atoms with van der Waals surface area (Å²) in [6, 6.07) is 10.8. The van der Waals surface area contributed by atoms with E-state index in [1.807, 2.05) is 30.3 Å². The van der Waals surface area contributed by atoms with Crippen molar-refractivity contribution >= 4 is 11.8 Å². The molecule has 0 unspecified atom stereocenters. The maximum atomic E-state index is 12.7. The molecule has 1 heterocycles. The van der Waals surface area contributed by atoms with E-state index >= 15 is 0 Å². The van der Waals surface area contributed by atoms with Gasteiger partial charge in [0.2, 0.25) is 0 Å². The normalized spacial score (nSPS) is 18.8. The van der Waals surface area contributed by atoms with Crippen LogP contribution >= 0.6 is 0 Å². The van der Waals surface area contributed by atoms with Gasteiger partial charge in [0.1, 0.15) is 5.56 Å². The van der Waals surface area contributed by atoms with Crippen LogP contribution in [0.1, 0.15) is 52.0 Å². The first-order valence-electron chi connectivity index (χ1n) is 9.92. The van der Waals surface area contributed by atoms with Gasteiger partial charge in [0.25, 0.3) is 17.4 Å². The van der Waals surface area contributed by atoms with Crippen molar-refractivity contribution in [3.05, 3.63) is 69.6 Å². The highest BCUT2D eigenvalue weighted by molar-refractivity contribution is 5.99. The van der Waals surface area contributed by atoms with Crippen molar-refractivity contribution in [3.8, 4) is 0 Å². The minimum Gasteiger partial charge on any atom is -0.393 e. The number of amides is 2. The van der Waals surface area contributed by atoms with Crippen molar-refractivity contribution in [3.63, 3.8) is 0 Å². The topological polar surface area (TPSA) is 102 Å². The van der Waals surface area contributed by atoms with Crippen LogP contribution in [0.5, 0.6) is 0 Å². The lowest BCUT2D eigenvalue weighted by Crippen LogP contribution is -2.34. The number of rotatable bonds is 6. The molecule has 0 saturated heterocycles. The second-order valence-corrected chi connectivity index (χ2v) is 7.66. The second-order valence-electron chi connectivity index (χ2n) is 7.66. The summed E-state index contributed by atoms with van der Waals surface area (Å²) in [5.41, 5.74) is 0.618. The Morgan fingerprint density at radius 1 is 1.17 bits per heavy atom. The van der Waals surface area contributed by atoms with Crippen LogP contribution in [-0.2, 0) is 6.54 Å². The van der Waals surface area contributed by atoms with Gasteiger partial charge in [-0.1, -0.05) is 30.3 Å². The lowest BCUT2D eigenvalue weighted by atomic mass is 9.87. The molecule has 1 saturated carbocycles. The summed E-state index contributed by atoms with van der Waals surface area (Å²) in [6.07, 6.45) is 4.36. The van der Waals surface area contributed by atoms with Crippen LogP contribution in [0.4, 0.5) is 0 Å². The average molecular weight is 397 g/mol. The molecular weight excluding hydrogens is 370 g/mol. The summed E-state index contributed by atoms with van der Waals surface area (Å²) in [4.78, 5) is 41.3. The highest BCUT2D eigenvalue weighted by Gasteiger charge is 2.21. The predicted octanol–water partition coefficient (Wildman–Crippen LogP) is 1.93. The molecule has 7 heteroatoms. The fourth-order valence-electron chi connectivity index (χ4n) is 3.60. The Bertz CT molecular complexity index is 902. The largest absolute Gasteiger partial charge is 0.393 e. The van der Waals surface area contributed by atoms with Gasteiger partial charge in [-0.25, -0.2) is 0 Å². The van der Waals surface area contributed by atoms with Gasteiger partial charge < -0.3 is 20.3 Å². The Morgan fingerprint density at radius 3 is 2.55 bits per heavy atom. The maximum absolute atomic E-state index is 12.7. The van der Waals surface area contributed by atoms with Crippen molar-refractivity contribution in [1.29, 1.82) is 0 Å². The Morgan fingerprint density at radius 2 is 1.86 bits per heavy atom. The fraction of sp³-hybridized carbons (Fsp3) is 0.409. The molecule has 1 aromatic heterocycles. The molecule has 0 bridgehead atoms. The van der Waals surface area contributed by atoms with E-state index in [0.717, 1.165) is 31.2 Å². The van der Waals surface area contributed by atoms with Crippen LogP contribution in [-0.4, -0.2) is 46.5 Å². The van der Waals surface area contributed by atoms with Crippen molar-refractivity contribution < 1.29 is 14.7 Å². The summed E-state index contributed by atoms with van der Waals surface area (Å²) in [7, 11) is 1.62. The molecule has 0 atom stereocenters. The molecule has 1 fully saturated rings. The molecule has 0 aliphatic heterocycles. The van der Waals surface area contributed by atoms with Crippen molar-refractivity contribution in [2.75, 3.05) is 13.6 Å². The lowest BCUT2D eigenvalue weighted by molar-refractivity contribution is 0.0783. The molecule has 0 spiro atoms. The summed E-state index contributed by atoms with van der Waals surface area (Å²) >= 11 is 0. The quantitative estimate of drug-likeness (QED) is 0.693. The van der Waals surface area contributed by atoms with Gasteiger partial charge in [-0.05, 0) is 43.2 Å². The smallest absolute Gasteiger partial charge is 0.260 e. The van der Waals surface area contributed by atoms with E-state index in [0.29, 0.717) is 19.0 Å². The molecule has 3 rings (SSSR count). The van der Waals surface area contributed by atoms with Crippen molar-refractivity contribution in [2.45, 2.75) is 38.3 Å². The summed E-state index contributed by atoms with van der Waals surface area (Å²) in [6.45, 7) is 0.880. The van der Waals surface area contributed by atoms with Crippen molar-refractivity contribution in [2.24, 2.45) is 5.92 Å². The monoisotopic (exact) mass is 397 g/mol. The molecule has 0 radical (unpaired) electrons. The van der Waals surface area contributed by atoms with E-state index in [1.165, 1.54) is 17.2 Å². The number of nitrogens with one attached hydrogen (secondary N) is 2. The van der Waals surface area contributed by atoms with Crippen LogP contribution in [0.3, 0.4) is 0 Å². The minimum absolute atomic E-state index is 0.0585. The van der Waals surface area contributed by atoms with Crippen LogP contribution in [0.25, 0.3) is 0 Å². The Kier molecular flexibility index (Phi) is 6.82. The lowest BCUT2D eigenvalue weighted by Gasteiger charge is -2.25. The van der Waals surface area contributed by atoms with Gasteiger partial charge >= 0.3 is 0 Å². The summed E-state index contributed by atoms with van der Waals surface area (Å²) in [5.74, 6) is -0.429. The third-order valence-corrected chi connectivity index (χ3v) is 5.37. The Hall–Kier alpha value is -2.93. The number of pyridine rings is 1. The van der Waals surface area contributed by atoms with Crippen LogP contribution in [0.15, 0.2) is 47.4 Å². The molecule has 2 aromatic rings. The first-order chi connectivity index (χ1) is 13.9. The van der Waals surface area contributed by atoms with Gasteiger partial charge in [0.05, 0.1) is 11.7 Å². The zero-order chi connectivity index (χ0) is 20.8.